The van der Waals surface area contributed by atoms with E-state index in [1.165, 1.54) is 6.08 Å². The number of nitrogens with zero attached hydrogens (tertiary/aromatic N) is 3. The van der Waals surface area contributed by atoms with E-state index < -0.39 is 11.9 Å². The van der Waals surface area contributed by atoms with Crippen LogP contribution >= 0.6 is 0 Å². The van der Waals surface area contributed by atoms with E-state index in [4.69, 9.17) is 4.52 Å². The van der Waals surface area contributed by atoms with Gasteiger partial charge in [-0.2, -0.15) is 5.10 Å². The van der Waals surface area contributed by atoms with E-state index in [0.717, 1.165) is 11.3 Å². The maximum Gasteiger partial charge on any atom is 0.343 e. The van der Waals surface area contributed by atoms with Gasteiger partial charge in [-0.1, -0.05) is 53.7 Å². The second-order valence-electron chi connectivity index (χ2n) is 7.07. The maximum atomic E-state index is 12.3. The van der Waals surface area contributed by atoms with Crippen LogP contribution in [0.2, 0.25) is 0 Å². The van der Waals surface area contributed by atoms with Crippen LogP contribution in [0.4, 0.5) is 5.88 Å². The lowest BCUT2D eigenvalue weighted by molar-refractivity contribution is -0.112. The number of hydrogen-bond acceptors (Lipinski definition) is 5. The zero-order chi connectivity index (χ0) is 22.7. The van der Waals surface area contributed by atoms with E-state index in [2.05, 4.69) is 15.6 Å². The molecule has 2 N–H and O–H groups in total. The summed E-state index contributed by atoms with van der Waals surface area (Å²) in [7, 11) is 0. The van der Waals surface area contributed by atoms with Crippen molar-refractivity contribution in [1.82, 2.24) is 14.9 Å². The molecule has 4 rings (SSSR count). The minimum Gasteiger partial charge on any atom is -0.477 e. The number of anilines is 1. The van der Waals surface area contributed by atoms with Crippen LogP contribution in [-0.4, -0.2) is 31.9 Å². The highest BCUT2D eigenvalue weighted by atomic mass is 16.5. The van der Waals surface area contributed by atoms with E-state index in [0.29, 0.717) is 17.0 Å². The Hall–Kier alpha value is -4.46. The molecular weight excluding hydrogens is 408 g/mol. The van der Waals surface area contributed by atoms with Crippen molar-refractivity contribution < 1.29 is 19.2 Å². The van der Waals surface area contributed by atoms with Gasteiger partial charge in [-0.25, -0.2) is 9.48 Å². The molecule has 1 amide bonds. The van der Waals surface area contributed by atoms with Crippen molar-refractivity contribution >= 4 is 23.8 Å². The molecule has 0 unspecified atom stereocenters. The number of carboxylic acid groups (broad SMARTS) is 1. The standard InChI is InChI=1S/C24H20N4O4/c1-15-20(16(2)28(26-15)18-11-7-4-8-12-18)22-21(24(30)31)23(32-27-22)25-19(29)14-13-17-9-5-3-6-10-17/h3-14H,1-2H3,(H,25,29)(H,30,31)/b14-13+. The second-order valence-corrected chi connectivity index (χ2v) is 7.07. The lowest BCUT2D eigenvalue weighted by Crippen LogP contribution is -2.11. The Morgan fingerprint density at radius 1 is 1.03 bits per heavy atom. The van der Waals surface area contributed by atoms with Gasteiger partial charge in [0, 0.05) is 11.6 Å². The van der Waals surface area contributed by atoms with E-state index in [9.17, 15) is 14.7 Å². The number of para-hydroxylation sites is 1. The smallest absolute Gasteiger partial charge is 0.343 e. The van der Waals surface area contributed by atoms with Gasteiger partial charge < -0.3 is 9.63 Å². The van der Waals surface area contributed by atoms with E-state index in [-0.39, 0.29) is 17.1 Å². The van der Waals surface area contributed by atoms with E-state index in [1.54, 1.807) is 17.7 Å². The molecule has 0 fully saturated rings. The summed E-state index contributed by atoms with van der Waals surface area (Å²) in [4.78, 5) is 24.4. The molecule has 0 radical (unpaired) electrons. The average Bonchev–Trinajstić information content (AvgIpc) is 3.33. The van der Waals surface area contributed by atoms with E-state index >= 15 is 0 Å². The topological polar surface area (TPSA) is 110 Å². The number of benzene rings is 2. The summed E-state index contributed by atoms with van der Waals surface area (Å²) in [5.74, 6) is -2.04. The van der Waals surface area contributed by atoms with Gasteiger partial charge in [0.05, 0.1) is 17.1 Å². The van der Waals surface area contributed by atoms with Crippen molar-refractivity contribution in [1.29, 1.82) is 0 Å². The molecule has 2 aromatic heterocycles. The quantitative estimate of drug-likeness (QED) is 0.438. The molecule has 2 aromatic carbocycles. The first-order chi connectivity index (χ1) is 15.5. The third kappa shape index (κ3) is 4.06. The summed E-state index contributed by atoms with van der Waals surface area (Å²) in [5, 5.41) is 20.8. The Labute approximate surface area is 183 Å². The summed E-state index contributed by atoms with van der Waals surface area (Å²) in [6.45, 7) is 3.59. The van der Waals surface area contributed by atoms with Crippen LogP contribution < -0.4 is 5.32 Å². The molecule has 0 aliphatic heterocycles. The number of carbonyl (C=O) groups excluding carboxylic acids is 1. The van der Waals surface area contributed by atoms with Gasteiger partial charge >= 0.3 is 5.97 Å². The zero-order valence-corrected chi connectivity index (χ0v) is 17.4. The van der Waals surface area contributed by atoms with Gasteiger partial charge in [0.2, 0.25) is 5.88 Å². The van der Waals surface area contributed by atoms with Crippen molar-refractivity contribution in [3.63, 3.8) is 0 Å². The Bertz CT molecular complexity index is 1300. The first-order valence-corrected chi connectivity index (χ1v) is 9.85. The van der Waals surface area contributed by atoms with Gasteiger partial charge in [0.15, 0.2) is 5.56 Å². The van der Waals surface area contributed by atoms with Crippen LogP contribution in [0.1, 0.15) is 27.3 Å². The monoisotopic (exact) mass is 428 g/mol. The summed E-state index contributed by atoms with van der Waals surface area (Å²) < 4.78 is 6.94. The molecule has 4 aromatic rings. The highest BCUT2D eigenvalue weighted by molar-refractivity contribution is 6.07. The largest absolute Gasteiger partial charge is 0.477 e. The van der Waals surface area contributed by atoms with E-state index in [1.807, 2.05) is 67.6 Å². The van der Waals surface area contributed by atoms with Crippen molar-refractivity contribution in [2.75, 3.05) is 5.32 Å². The van der Waals surface area contributed by atoms with Gasteiger partial charge in [-0.3, -0.25) is 10.1 Å². The lowest BCUT2D eigenvalue weighted by Gasteiger charge is -2.04. The fraction of sp³-hybridized carbons (Fsp3) is 0.0833. The SMILES string of the molecule is Cc1nn(-c2ccccc2)c(C)c1-c1noc(NC(=O)/C=C/c2ccccc2)c1C(=O)O. The van der Waals surface area contributed by atoms with Crippen LogP contribution in [0, 0.1) is 13.8 Å². The predicted octanol–water partition coefficient (Wildman–Crippen LogP) is 4.49. The number of aromatic carboxylic acids is 1. The van der Waals surface area contributed by atoms with Crippen LogP contribution in [0.3, 0.4) is 0 Å². The first-order valence-electron chi connectivity index (χ1n) is 9.85. The van der Waals surface area contributed by atoms with Gasteiger partial charge in [0.1, 0.15) is 5.69 Å². The number of nitrogens with one attached hydrogen (secondary N) is 1. The van der Waals surface area contributed by atoms with Crippen LogP contribution in [0.5, 0.6) is 0 Å². The molecule has 0 saturated carbocycles. The van der Waals surface area contributed by atoms with Gasteiger partial charge in [-0.15, -0.1) is 0 Å². The Morgan fingerprint density at radius 3 is 2.34 bits per heavy atom. The molecule has 160 valence electrons. The average molecular weight is 428 g/mol. The Balaban J connectivity index is 1.68. The summed E-state index contributed by atoms with van der Waals surface area (Å²) in [6.07, 6.45) is 2.92. The summed E-state index contributed by atoms with van der Waals surface area (Å²) >= 11 is 0. The number of aromatic nitrogens is 3. The number of aryl methyl sites for hydroxylation is 1. The molecule has 0 bridgehead atoms. The molecule has 0 spiro atoms. The molecule has 0 aliphatic rings. The van der Waals surface area contributed by atoms with Gasteiger partial charge in [-0.05, 0) is 37.6 Å². The molecule has 8 nitrogen and oxygen atoms in total. The predicted molar refractivity (Wildman–Crippen MR) is 120 cm³/mol. The van der Waals surface area contributed by atoms with Crippen molar-refractivity contribution in [3.05, 3.63) is 89.3 Å². The van der Waals surface area contributed by atoms with Crippen molar-refractivity contribution in [2.24, 2.45) is 0 Å². The number of carbonyl (C=O) groups is 2. The fourth-order valence-corrected chi connectivity index (χ4v) is 3.44. The second kappa shape index (κ2) is 8.73. The molecular formula is C24H20N4O4. The van der Waals surface area contributed by atoms with Gasteiger partial charge in [0.25, 0.3) is 5.91 Å². The lowest BCUT2D eigenvalue weighted by atomic mass is 10.1. The molecule has 2 heterocycles. The minimum absolute atomic E-state index is 0.108. The fourth-order valence-electron chi connectivity index (χ4n) is 3.44. The number of carboxylic acids is 1. The van der Waals surface area contributed by atoms with Crippen LogP contribution in [0.25, 0.3) is 23.0 Å². The molecule has 0 aliphatic carbocycles. The third-order valence-corrected chi connectivity index (χ3v) is 4.90. The van der Waals surface area contributed by atoms with Crippen LogP contribution in [0.15, 0.2) is 71.3 Å². The Kier molecular flexibility index (Phi) is 5.67. The minimum atomic E-state index is -1.27. The number of rotatable bonds is 6. The normalized spacial score (nSPS) is 11.1. The first kappa shape index (κ1) is 20.8. The zero-order valence-electron chi connectivity index (χ0n) is 17.4. The Morgan fingerprint density at radius 2 is 1.69 bits per heavy atom. The summed E-state index contributed by atoms with van der Waals surface area (Å²) in [6, 6.07) is 18.7. The number of amides is 1. The van der Waals surface area contributed by atoms with Crippen LogP contribution in [-0.2, 0) is 4.79 Å². The molecule has 8 heteroatoms. The van der Waals surface area contributed by atoms with Crippen molar-refractivity contribution in [3.8, 4) is 16.9 Å². The highest BCUT2D eigenvalue weighted by Gasteiger charge is 2.28. The summed E-state index contributed by atoms with van der Waals surface area (Å²) in [5.41, 5.74) is 3.37. The van der Waals surface area contributed by atoms with Crippen molar-refractivity contribution in [2.45, 2.75) is 13.8 Å². The maximum absolute atomic E-state index is 12.3. The molecule has 0 saturated heterocycles. The molecule has 0 atom stereocenters. The third-order valence-electron chi connectivity index (χ3n) is 4.90. The number of hydrogen-bond donors (Lipinski definition) is 2. The molecule has 32 heavy (non-hydrogen) atoms. The highest BCUT2D eigenvalue weighted by Crippen LogP contribution is 2.34.